The summed E-state index contributed by atoms with van der Waals surface area (Å²) >= 11 is 0. The van der Waals surface area contributed by atoms with Crippen molar-refractivity contribution in [2.75, 3.05) is 33.9 Å². The third-order valence-electron chi connectivity index (χ3n) is 15.5. The molecule has 0 aromatic rings. The maximum Gasteiger partial charge on any atom is 0.422 e. The average Bonchev–Trinajstić information content (AvgIpc) is 3.37. The zero-order chi connectivity index (χ0) is 55.9. The van der Waals surface area contributed by atoms with Gasteiger partial charge in [0.25, 0.3) is 11.7 Å². The summed E-state index contributed by atoms with van der Waals surface area (Å²) in [7, 11) is -1.70. The largest absolute Gasteiger partial charge is 0.460 e. The molecule has 424 valence electrons. The van der Waals surface area contributed by atoms with E-state index in [2.05, 4.69) is 13.8 Å². The number of nitrogens with zero attached hydrogens (tertiary/aromatic N) is 1. The fourth-order valence-corrected chi connectivity index (χ4v) is 11.6. The highest BCUT2D eigenvalue weighted by Gasteiger charge is 2.56. The van der Waals surface area contributed by atoms with Crippen LogP contribution in [0.3, 0.4) is 0 Å². The van der Waals surface area contributed by atoms with Crippen LogP contribution in [0.25, 0.3) is 0 Å². The predicted molar refractivity (Wildman–Crippen MR) is 276 cm³/mol. The lowest BCUT2D eigenvalue weighted by Gasteiger charge is -2.50. The van der Waals surface area contributed by atoms with Crippen molar-refractivity contribution in [1.29, 1.82) is 0 Å². The molecule has 0 radical (unpaired) electrons. The molecule has 1 aliphatic carbocycles. The SMILES string of the molecule is CC/C(C)=C/C=C/C=C/[C@@H](C)CC(C)C(=O)[C@H](OC)C(O)/C(C)=C/[C@@H](C)C(=O)C[C@@H]1OC(=O)C2C(CCCN2C(=O)C(=O)C2(O)O[C@H](C)CCC2C)[C@@H]1CC1CC[C@@H](OC(=O)NS(=O)(=O)NCC(O)CO)C(OC)C1. The molecule has 75 heavy (non-hydrogen) atoms. The van der Waals surface area contributed by atoms with Gasteiger partial charge in [0, 0.05) is 57.4 Å². The number of Topliss-reactive ketones (excluding diaryl/α,β-unsaturated/α-hetero) is 3. The summed E-state index contributed by atoms with van der Waals surface area (Å²) < 4.78 is 57.1. The van der Waals surface area contributed by atoms with Gasteiger partial charge in [0.1, 0.15) is 36.2 Å². The minimum Gasteiger partial charge on any atom is -0.460 e. The summed E-state index contributed by atoms with van der Waals surface area (Å²) in [4.78, 5) is 84.3. The molecule has 0 aromatic carbocycles. The Hall–Kier alpha value is -4.19. The fourth-order valence-electron chi connectivity index (χ4n) is 10.9. The number of allylic oxidation sites excluding steroid dienone is 7. The maximum absolute atomic E-state index is 14.3. The monoisotopic (exact) mass is 1080 g/mol. The third-order valence-corrected chi connectivity index (χ3v) is 16.5. The lowest BCUT2D eigenvalue weighted by atomic mass is 9.68. The molecule has 3 aliphatic heterocycles. The quantitative estimate of drug-likeness (QED) is 0.0304. The van der Waals surface area contributed by atoms with E-state index in [1.165, 1.54) is 24.7 Å². The van der Waals surface area contributed by atoms with Gasteiger partial charge in [0.2, 0.25) is 5.79 Å². The number of piperidine rings is 1. The van der Waals surface area contributed by atoms with E-state index in [9.17, 15) is 52.5 Å². The zero-order valence-electron chi connectivity index (χ0n) is 45.5. The average molecular weight is 1080 g/mol. The molecule has 21 heteroatoms. The van der Waals surface area contributed by atoms with E-state index < -0.39 is 131 Å². The molecule has 4 rings (SSSR count). The summed E-state index contributed by atoms with van der Waals surface area (Å²) in [5.74, 6) is -9.34. The number of rotatable bonds is 26. The number of hydrogen-bond acceptors (Lipinski definition) is 17. The number of cyclic esters (lactones) is 1. The van der Waals surface area contributed by atoms with E-state index in [0.717, 1.165) is 6.42 Å². The van der Waals surface area contributed by atoms with E-state index in [1.807, 2.05) is 42.0 Å². The summed E-state index contributed by atoms with van der Waals surface area (Å²) in [6.45, 7) is 13.3. The molecule has 3 heterocycles. The first-order valence-electron chi connectivity index (χ1n) is 26.5. The summed E-state index contributed by atoms with van der Waals surface area (Å²) in [5, 5.41) is 41.5. The molecule has 4 aliphatic rings. The fraction of sp³-hybridized carbons (Fsp3) is 0.741. The van der Waals surface area contributed by atoms with Crippen LogP contribution < -0.4 is 9.44 Å². The van der Waals surface area contributed by atoms with Crippen molar-refractivity contribution < 1.29 is 81.3 Å². The lowest BCUT2D eigenvalue weighted by Crippen LogP contribution is -2.64. The molecule has 20 nitrogen and oxygen atoms in total. The normalized spacial score (nSPS) is 30.4. The van der Waals surface area contributed by atoms with Crippen molar-refractivity contribution in [2.45, 2.75) is 181 Å². The molecule has 3 saturated heterocycles. The highest BCUT2D eigenvalue weighted by atomic mass is 32.2. The van der Waals surface area contributed by atoms with Crippen LogP contribution in [0, 0.1) is 41.4 Å². The lowest BCUT2D eigenvalue weighted by molar-refractivity contribution is -0.260. The number of carbonyl (C=O) groups excluding carboxylic acids is 6. The van der Waals surface area contributed by atoms with Crippen LogP contribution in [0.15, 0.2) is 47.6 Å². The Balaban J connectivity index is 1.55. The number of carbonyl (C=O) groups is 6. The highest BCUT2D eigenvalue weighted by molar-refractivity contribution is 7.88. The smallest absolute Gasteiger partial charge is 0.422 e. The predicted octanol–water partition coefficient (Wildman–Crippen LogP) is 4.33. The summed E-state index contributed by atoms with van der Waals surface area (Å²) in [6, 6.07) is -1.23. The van der Waals surface area contributed by atoms with E-state index in [-0.39, 0.29) is 42.8 Å². The van der Waals surface area contributed by atoms with Gasteiger partial charge in [-0.3, -0.25) is 19.2 Å². The number of nitrogens with one attached hydrogen (secondary N) is 2. The summed E-state index contributed by atoms with van der Waals surface area (Å²) in [6.07, 6.45) is 7.46. The Morgan fingerprint density at radius 2 is 1.68 bits per heavy atom. The van der Waals surface area contributed by atoms with Crippen LogP contribution in [0.1, 0.15) is 126 Å². The Morgan fingerprint density at radius 3 is 2.33 bits per heavy atom. The number of methoxy groups -OCH3 is 2. The van der Waals surface area contributed by atoms with Crippen LogP contribution >= 0.6 is 0 Å². The summed E-state index contributed by atoms with van der Waals surface area (Å²) in [5.41, 5.74) is 1.59. The zero-order valence-corrected chi connectivity index (χ0v) is 46.3. The van der Waals surface area contributed by atoms with Gasteiger partial charge in [-0.25, -0.2) is 14.3 Å². The first-order chi connectivity index (χ1) is 35.3. The Morgan fingerprint density at radius 1 is 0.973 bits per heavy atom. The van der Waals surface area contributed by atoms with E-state index in [1.54, 1.807) is 45.4 Å². The first kappa shape index (κ1) is 63.3. The second-order valence-electron chi connectivity index (χ2n) is 21.4. The maximum atomic E-state index is 14.3. The second kappa shape index (κ2) is 29.0. The number of amides is 2. The van der Waals surface area contributed by atoms with Crippen LogP contribution in [-0.4, -0.2) is 158 Å². The van der Waals surface area contributed by atoms with Crippen LogP contribution in [0.5, 0.6) is 0 Å². The molecule has 9 unspecified atom stereocenters. The number of fused-ring (bicyclic) bond motifs is 1. The van der Waals surface area contributed by atoms with E-state index >= 15 is 0 Å². The van der Waals surface area contributed by atoms with Gasteiger partial charge in [-0.1, -0.05) is 76.6 Å². The van der Waals surface area contributed by atoms with Crippen molar-refractivity contribution in [1.82, 2.24) is 14.3 Å². The van der Waals surface area contributed by atoms with Gasteiger partial charge in [0.15, 0.2) is 5.78 Å². The highest BCUT2D eigenvalue weighted by Crippen LogP contribution is 2.45. The van der Waals surface area contributed by atoms with E-state index in [4.69, 9.17) is 28.8 Å². The number of hydrogen-bond donors (Lipinski definition) is 6. The van der Waals surface area contributed by atoms with Crippen LogP contribution in [-0.2, 0) is 57.9 Å². The molecule has 6 N–H and O–H groups in total. The number of likely N-dealkylation sites (tertiary alicyclic amines) is 1. The van der Waals surface area contributed by atoms with E-state index in [0.29, 0.717) is 56.9 Å². The van der Waals surface area contributed by atoms with Gasteiger partial charge < -0.3 is 49.0 Å². The van der Waals surface area contributed by atoms with Gasteiger partial charge in [-0.05, 0) is 108 Å². The van der Waals surface area contributed by atoms with Gasteiger partial charge in [-0.2, -0.15) is 13.1 Å². The molecule has 16 atom stereocenters. The third kappa shape index (κ3) is 17.4. The van der Waals surface area contributed by atoms with Gasteiger partial charge in [-0.15, -0.1) is 0 Å². The molecule has 0 bridgehead atoms. The Bertz CT molecular complexity index is 2220. The molecule has 0 aromatic heterocycles. The van der Waals surface area contributed by atoms with Gasteiger partial charge in [0.05, 0.1) is 24.9 Å². The number of ether oxygens (including phenoxy) is 5. The number of aliphatic hydroxyl groups excluding tert-OH is 3. The minimum atomic E-state index is -4.46. The Labute approximate surface area is 443 Å². The molecule has 1 saturated carbocycles. The van der Waals surface area contributed by atoms with Crippen molar-refractivity contribution in [3.8, 4) is 0 Å². The van der Waals surface area contributed by atoms with Crippen molar-refractivity contribution >= 4 is 45.5 Å². The van der Waals surface area contributed by atoms with Crippen LogP contribution in [0.2, 0.25) is 0 Å². The molecule has 4 fully saturated rings. The van der Waals surface area contributed by atoms with Crippen LogP contribution in [0.4, 0.5) is 4.79 Å². The second-order valence-corrected chi connectivity index (χ2v) is 22.9. The number of ketones is 3. The number of esters is 1. The molecular weight excluding hydrogens is 995 g/mol. The molecule has 2 amide bonds. The van der Waals surface area contributed by atoms with Crippen molar-refractivity contribution in [2.24, 2.45) is 41.4 Å². The molecular formula is C54H85N3O17S. The van der Waals surface area contributed by atoms with Gasteiger partial charge >= 0.3 is 22.3 Å². The standard InChI is InChI=1S/C54H85N3O17S/c1-11-31(2)16-13-12-14-17-32(3)24-34(5)47(61)49(71-10)48(62)35(6)25-33(4)42(60)28-44-41(26-38-21-22-43(45(27-38)70-9)73-53(66)56-75(68,69)55-29-39(59)30-58)40-18-15-23-57(46(40)52(65)72-44)51(64)50(63)54(67)36(7)19-20-37(8)74-54/h12-14,16-17,25,32-34,36-41,43-46,48-49,55,58-59,62,67H,11,15,18-24,26-30H2,1-10H3,(H,56,66)/b13-12+,17-14+,31-16+,35-25+/t32-,33-,34?,36?,37-,38?,39?,40?,41+,43-,44+,45?,46?,48?,49+,54?/m1/s1. The topological polar surface area (TPSA) is 291 Å². The van der Waals surface area contributed by atoms with Crippen molar-refractivity contribution in [3.05, 3.63) is 47.6 Å². The molecule has 0 spiro atoms. The first-order valence-corrected chi connectivity index (χ1v) is 28.0. The number of aliphatic hydroxyl groups is 4. The Kier molecular flexibility index (Phi) is 24.5. The minimum absolute atomic E-state index is 0.0263. The van der Waals surface area contributed by atoms with Crippen molar-refractivity contribution in [3.63, 3.8) is 0 Å².